The number of Topliss-reactive ketones (excluding diaryl/α,β-unsaturated/α-hetero) is 1. The lowest BCUT2D eigenvalue weighted by atomic mass is 9.73. The summed E-state index contributed by atoms with van der Waals surface area (Å²) in [7, 11) is 0. The van der Waals surface area contributed by atoms with Crippen LogP contribution in [-0.4, -0.2) is 17.7 Å². The highest BCUT2D eigenvalue weighted by Gasteiger charge is 2.32. The van der Waals surface area contributed by atoms with E-state index < -0.39 is 0 Å². The predicted octanol–water partition coefficient (Wildman–Crippen LogP) is 2.44. The zero-order valence-corrected chi connectivity index (χ0v) is 10.6. The smallest absolute Gasteiger partial charge is 0.220 e. The maximum Gasteiger partial charge on any atom is 0.220 e. The molecular formula is C13H23NO2. The van der Waals surface area contributed by atoms with Crippen molar-refractivity contribution in [2.24, 2.45) is 5.41 Å². The van der Waals surface area contributed by atoms with Crippen LogP contribution in [0, 0.1) is 5.41 Å². The van der Waals surface area contributed by atoms with E-state index in [1.54, 1.807) is 0 Å². The number of hydrogen-bond donors (Lipinski definition) is 1. The van der Waals surface area contributed by atoms with Gasteiger partial charge in [-0.15, -0.1) is 0 Å². The largest absolute Gasteiger partial charge is 0.353 e. The second-order valence-corrected chi connectivity index (χ2v) is 5.56. The Morgan fingerprint density at radius 1 is 1.25 bits per heavy atom. The first-order chi connectivity index (χ1) is 7.42. The van der Waals surface area contributed by atoms with Gasteiger partial charge >= 0.3 is 0 Å². The topological polar surface area (TPSA) is 46.2 Å². The van der Waals surface area contributed by atoms with Gasteiger partial charge in [0, 0.05) is 18.9 Å². The van der Waals surface area contributed by atoms with Gasteiger partial charge in [0.2, 0.25) is 5.91 Å². The molecule has 1 atom stereocenters. The van der Waals surface area contributed by atoms with Crippen molar-refractivity contribution >= 4 is 11.7 Å². The van der Waals surface area contributed by atoms with E-state index in [-0.39, 0.29) is 23.1 Å². The van der Waals surface area contributed by atoms with Gasteiger partial charge in [-0.1, -0.05) is 26.7 Å². The summed E-state index contributed by atoms with van der Waals surface area (Å²) in [6.45, 7) is 5.95. The molecule has 0 aromatic rings. The normalized spacial score (nSPS) is 23.8. The van der Waals surface area contributed by atoms with Crippen LogP contribution in [0.3, 0.4) is 0 Å². The Balaban J connectivity index is 2.40. The van der Waals surface area contributed by atoms with E-state index in [1.807, 2.05) is 0 Å². The SMILES string of the molecule is CC(=O)CCC(=O)NC1CCCCC1(C)C. The fraction of sp³-hybridized carbons (Fsp3) is 0.846. The van der Waals surface area contributed by atoms with Crippen molar-refractivity contribution in [2.45, 2.75) is 65.3 Å². The monoisotopic (exact) mass is 225 g/mol. The minimum absolute atomic E-state index is 0.0233. The van der Waals surface area contributed by atoms with E-state index in [2.05, 4.69) is 19.2 Å². The molecule has 0 spiro atoms. The van der Waals surface area contributed by atoms with Crippen molar-refractivity contribution in [3.8, 4) is 0 Å². The van der Waals surface area contributed by atoms with Gasteiger partial charge < -0.3 is 10.1 Å². The summed E-state index contributed by atoms with van der Waals surface area (Å²) in [4.78, 5) is 22.4. The molecule has 0 heterocycles. The fourth-order valence-corrected chi connectivity index (χ4v) is 2.32. The lowest BCUT2D eigenvalue weighted by Crippen LogP contribution is -2.46. The molecule has 1 aliphatic carbocycles. The Kier molecular flexibility index (Phi) is 4.51. The van der Waals surface area contributed by atoms with Crippen LogP contribution < -0.4 is 5.32 Å². The van der Waals surface area contributed by atoms with E-state index in [0.717, 1.165) is 6.42 Å². The Labute approximate surface area is 98.0 Å². The summed E-state index contributed by atoms with van der Waals surface area (Å²) in [5.74, 6) is 0.105. The van der Waals surface area contributed by atoms with Crippen LogP contribution in [0.5, 0.6) is 0 Å². The van der Waals surface area contributed by atoms with E-state index in [4.69, 9.17) is 0 Å². The summed E-state index contributed by atoms with van der Waals surface area (Å²) in [6, 6.07) is 0.278. The summed E-state index contributed by atoms with van der Waals surface area (Å²) in [5.41, 5.74) is 0.199. The molecule has 1 unspecified atom stereocenters. The lowest BCUT2D eigenvalue weighted by Gasteiger charge is -2.39. The molecule has 3 nitrogen and oxygen atoms in total. The Morgan fingerprint density at radius 3 is 2.50 bits per heavy atom. The van der Waals surface area contributed by atoms with Crippen LogP contribution in [0.4, 0.5) is 0 Å². The Hall–Kier alpha value is -0.860. The van der Waals surface area contributed by atoms with Crippen LogP contribution in [-0.2, 0) is 9.59 Å². The number of rotatable bonds is 4. The average Bonchev–Trinajstić information content (AvgIpc) is 2.18. The predicted molar refractivity (Wildman–Crippen MR) is 64.1 cm³/mol. The quantitative estimate of drug-likeness (QED) is 0.798. The van der Waals surface area contributed by atoms with Crippen molar-refractivity contribution in [1.82, 2.24) is 5.32 Å². The second kappa shape index (κ2) is 5.46. The van der Waals surface area contributed by atoms with Crippen LogP contribution in [0.15, 0.2) is 0 Å². The molecule has 1 fully saturated rings. The van der Waals surface area contributed by atoms with Gasteiger partial charge in [0.15, 0.2) is 0 Å². The number of nitrogens with one attached hydrogen (secondary N) is 1. The van der Waals surface area contributed by atoms with Crippen LogP contribution in [0.2, 0.25) is 0 Å². The van der Waals surface area contributed by atoms with Crippen molar-refractivity contribution in [1.29, 1.82) is 0 Å². The Morgan fingerprint density at radius 2 is 1.94 bits per heavy atom. The minimum atomic E-state index is 0.0233. The number of ketones is 1. The molecule has 0 aliphatic heterocycles. The number of amides is 1. The molecule has 3 heteroatoms. The van der Waals surface area contributed by atoms with E-state index in [1.165, 1.54) is 26.2 Å². The summed E-state index contributed by atoms with van der Waals surface area (Å²) in [6.07, 6.45) is 5.39. The molecule has 16 heavy (non-hydrogen) atoms. The highest BCUT2D eigenvalue weighted by Crippen LogP contribution is 2.35. The molecule has 1 rings (SSSR count). The number of carbonyl (C=O) groups excluding carboxylic acids is 2. The third kappa shape index (κ3) is 3.95. The third-order valence-electron chi connectivity index (χ3n) is 3.55. The molecule has 0 saturated heterocycles. The van der Waals surface area contributed by atoms with Gasteiger partial charge in [0.25, 0.3) is 0 Å². The summed E-state index contributed by atoms with van der Waals surface area (Å²) in [5, 5.41) is 3.07. The van der Waals surface area contributed by atoms with Gasteiger partial charge in [-0.05, 0) is 25.2 Å². The van der Waals surface area contributed by atoms with Crippen LogP contribution >= 0.6 is 0 Å². The fourth-order valence-electron chi connectivity index (χ4n) is 2.32. The molecule has 92 valence electrons. The van der Waals surface area contributed by atoms with Crippen molar-refractivity contribution in [3.63, 3.8) is 0 Å². The van der Waals surface area contributed by atoms with Gasteiger partial charge in [-0.25, -0.2) is 0 Å². The van der Waals surface area contributed by atoms with E-state index in [0.29, 0.717) is 12.8 Å². The molecule has 0 bridgehead atoms. The minimum Gasteiger partial charge on any atom is -0.353 e. The van der Waals surface area contributed by atoms with E-state index in [9.17, 15) is 9.59 Å². The molecule has 0 aromatic carbocycles. The standard InChI is InChI=1S/C13H23NO2/c1-10(15)7-8-12(16)14-11-6-4-5-9-13(11,2)3/h11H,4-9H2,1-3H3,(H,14,16). The molecule has 0 aromatic heterocycles. The third-order valence-corrected chi connectivity index (χ3v) is 3.55. The first kappa shape index (κ1) is 13.2. The van der Waals surface area contributed by atoms with Crippen LogP contribution in [0.1, 0.15) is 59.3 Å². The molecule has 1 aliphatic rings. The average molecular weight is 225 g/mol. The Bertz CT molecular complexity index is 271. The van der Waals surface area contributed by atoms with Gasteiger partial charge in [-0.2, -0.15) is 0 Å². The molecule has 0 radical (unpaired) electrons. The van der Waals surface area contributed by atoms with E-state index >= 15 is 0 Å². The zero-order chi connectivity index (χ0) is 12.2. The number of carbonyl (C=O) groups is 2. The van der Waals surface area contributed by atoms with Gasteiger partial charge in [0.1, 0.15) is 5.78 Å². The molecule has 1 saturated carbocycles. The maximum atomic E-state index is 11.6. The molecule has 1 amide bonds. The molecular weight excluding hydrogens is 202 g/mol. The van der Waals surface area contributed by atoms with Gasteiger partial charge in [0.05, 0.1) is 0 Å². The maximum absolute atomic E-state index is 11.6. The van der Waals surface area contributed by atoms with Crippen LogP contribution in [0.25, 0.3) is 0 Å². The second-order valence-electron chi connectivity index (χ2n) is 5.56. The first-order valence-corrected chi connectivity index (χ1v) is 6.20. The summed E-state index contributed by atoms with van der Waals surface area (Å²) >= 11 is 0. The highest BCUT2D eigenvalue weighted by molar-refractivity contribution is 5.83. The zero-order valence-electron chi connectivity index (χ0n) is 10.6. The van der Waals surface area contributed by atoms with Crippen molar-refractivity contribution in [3.05, 3.63) is 0 Å². The number of hydrogen-bond acceptors (Lipinski definition) is 2. The lowest BCUT2D eigenvalue weighted by molar-refractivity contribution is -0.126. The first-order valence-electron chi connectivity index (χ1n) is 6.20. The van der Waals surface area contributed by atoms with Gasteiger partial charge in [-0.3, -0.25) is 4.79 Å². The molecule has 1 N–H and O–H groups in total. The highest BCUT2D eigenvalue weighted by atomic mass is 16.2. The van der Waals surface area contributed by atoms with Crippen molar-refractivity contribution < 1.29 is 9.59 Å². The van der Waals surface area contributed by atoms with Crippen molar-refractivity contribution in [2.75, 3.05) is 0 Å². The summed E-state index contributed by atoms with van der Waals surface area (Å²) < 4.78 is 0.